The normalized spacial score (nSPS) is 10.4. The Kier molecular flexibility index (Phi) is 5.52. The van der Waals surface area contributed by atoms with Crippen LogP contribution in [-0.2, 0) is 9.47 Å². The summed E-state index contributed by atoms with van der Waals surface area (Å²) in [5.41, 5.74) is 0.565. The highest BCUT2D eigenvalue weighted by Gasteiger charge is 2.06. The number of methoxy groups -OCH3 is 2. The van der Waals surface area contributed by atoms with E-state index in [-0.39, 0.29) is 5.56 Å². The number of nitrogens with one attached hydrogen (secondary N) is 1. The van der Waals surface area contributed by atoms with Gasteiger partial charge in [-0.1, -0.05) is 0 Å². The SMILES string of the molecule is COCCN(CCOC)c1cn[nH]c(=O)c1. The molecule has 0 aliphatic carbocycles. The minimum absolute atomic E-state index is 0.211. The lowest BCUT2D eigenvalue weighted by Gasteiger charge is -2.23. The third-order valence-electron chi connectivity index (χ3n) is 2.15. The molecule has 0 aliphatic heterocycles. The molecule has 0 bridgehead atoms. The van der Waals surface area contributed by atoms with Gasteiger partial charge in [-0.05, 0) is 0 Å². The number of hydrogen-bond acceptors (Lipinski definition) is 5. The molecule has 0 aromatic carbocycles. The van der Waals surface area contributed by atoms with Gasteiger partial charge < -0.3 is 14.4 Å². The summed E-state index contributed by atoms with van der Waals surface area (Å²) in [4.78, 5) is 13.1. The molecule has 16 heavy (non-hydrogen) atoms. The second kappa shape index (κ2) is 6.97. The average Bonchev–Trinajstić information content (AvgIpc) is 2.29. The number of nitrogens with zero attached hydrogens (tertiary/aromatic N) is 2. The molecule has 1 aromatic rings. The maximum absolute atomic E-state index is 11.1. The summed E-state index contributed by atoms with van der Waals surface area (Å²) in [6, 6.07) is 1.51. The van der Waals surface area contributed by atoms with E-state index in [4.69, 9.17) is 9.47 Å². The van der Waals surface area contributed by atoms with E-state index in [0.717, 1.165) is 5.69 Å². The summed E-state index contributed by atoms with van der Waals surface area (Å²) in [5, 5.41) is 6.10. The Balaban J connectivity index is 2.70. The third-order valence-corrected chi connectivity index (χ3v) is 2.15. The van der Waals surface area contributed by atoms with E-state index in [1.54, 1.807) is 20.4 Å². The number of ether oxygens (including phenoxy) is 2. The third kappa shape index (κ3) is 4.00. The van der Waals surface area contributed by atoms with Crippen LogP contribution in [0.4, 0.5) is 5.69 Å². The summed E-state index contributed by atoms with van der Waals surface area (Å²) in [6.45, 7) is 2.59. The quantitative estimate of drug-likeness (QED) is 0.702. The molecule has 0 unspecified atom stereocenters. The van der Waals surface area contributed by atoms with Crippen molar-refractivity contribution in [2.45, 2.75) is 0 Å². The second-order valence-corrected chi connectivity index (χ2v) is 3.28. The highest BCUT2D eigenvalue weighted by molar-refractivity contribution is 5.42. The lowest BCUT2D eigenvalue weighted by molar-refractivity contribution is 0.190. The number of hydrogen-bond donors (Lipinski definition) is 1. The van der Waals surface area contributed by atoms with Crippen molar-refractivity contribution in [2.75, 3.05) is 45.4 Å². The average molecular weight is 227 g/mol. The van der Waals surface area contributed by atoms with Crippen molar-refractivity contribution in [3.05, 3.63) is 22.6 Å². The Hall–Kier alpha value is -1.40. The molecule has 0 aliphatic rings. The first kappa shape index (κ1) is 12.7. The fourth-order valence-electron chi connectivity index (χ4n) is 1.31. The van der Waals surface area contributed by atoms with E-state index in [1.165, 1.54) is 6.07 Å². The number of H-pyrrole nitrogens is 1. The Morgan fingerprint density at radius 3 is 2.44 bits per heavy atom. The van der Waals surface area contributed by atoms with Gasteiger partial charge in [-0.15, -0.1) is 0 Å². The molecule has 0 atom stereocenters. The molecule has 1 heterocycles. The summed E-state index contributed by atoms with van der Waals surface area (Å²) < 4.78 is 10.0. The van der Waals surface area contributed by atoms with Gasteiger partial charge in [0.1, 0.15) is 0 Å². The van der Waals surface area contributed by atoms with E-state index >= 15 is 0 Å². The topological polar surface area (TPSA) is 67.5 Å². The van der Waals surface area contributed by atoms with E-state index in [2.05, 4.69) is 10.2 Å². The van der Waals surface area contributed by atoms with Gasteiger partial charge in [0.2, 0.25) is 0 Å². The van der Waals surface area contributed by atoms with Gasteiger partial charge in [-0.3, -0.25) is 4.79 Å². The van der Waals surface area contributed by atoms with E-state index in [0.29, 0.717) is 26.3 Å². The molecule has 0 amide bonds. The molecule has 1 aromatic heterocycles. The van der Waals surface area contributed by atoms with Crippen LogP contribution in [0.2, 0.25) is 0 Å². The minimum atomic E-state index is -0.211. The first-order valence-corrected chi connectivity index (χ1v) is 5.05. The molecule has 90 valence electrons. The van der Waals surface area contributed by atoms with Gasteiger partial charge in [-0.2, -0.15) is 5.10 Å². The number of rotatable bonds is 7. The monoisotopic (exact) mass is 227 g/mol. The fourth-order valence-corrected chi connectivity index (χ4v) is 1.31. The zero-order valence-electron chi connectivity index (χ0n) is 9.60. The molecule has 6 heteroatoms. The number of aromatic amines is 1. The molecule has 0 radical (unpaired) electrons. The van der Waals surface area contributed by atoms with Crippen molar-refractivity contribution < 1.29 is 9.47 Å². The molecule has 6 nitrogen and oxygen atoms in total. The minimum Gasteiger partial charge on any atom is -0.383 e. The maximum atomic E-state index is 11.1. The first-order valence-electron chi connectivity index (χ1n) is 5.05. The summed E-state index contributed by atoms with van der Waals surface area (Å²) in [6.07, 6.45) is 1.62. The summed E-state index contributed by atoms with van der Waals surface area (Å²) in [7, 11) is 3.29. The van der Waals surface area contributed by atoms with Crippen molar-refractivity contribution in [3.63, 3.8) is 0 Å². The van der Waals surface area contributed by atoms with Crippen LogP contribution in [0.25, 0.3) is 0 Å². The van der Waals surface area contributed by atoms with Crippen molar-refractivity contribution in [3.8, 4) is 0 Å². The van der Waals surface area contributed by atoms with Crippen molar-refractivity contribution >= 4 is 5.69 Å². The van der Waals surface area contributed by atoms with Crippen LogP contribution in [0.1, 0.15) is 0 Å². The van der Waals surface area contributed by atoms with Gasteiger partial charge in [-0.25, -0.2) is 5.10 Å². The standard InChI is InChI=1S/C10H17N3O3/c1-15-5-3-13(4-6-16-2)9-7-10(14)12-11-8-9/h7-8H,3-6H2,1-2H3,(H,12,14). The van der Waals surface area contributed by atoms with E-state index in [1.807, 2.05) is 4.90 Å². The van der Waals surface area contributed by atoms with Gasteiger partial charge in [0.15, 0.2) is 0 Å². The smallest absolute Gasteiger partial charge is 0.266 e. The Morgan fingerprint density at radius 1 is 1.31 bits per heavy atom. The largest absolute Gasteiger partial charge is 0.383 e. The van der Waals surface area contributed by atoms with Crippen LogP contribution in [0, 0.1) is 0 Å². The van der Waals surface area contributed by atoms with Crippen LogP contribution in [-0.4, -0.2) is 50.7 Å². The van der Waals surface area contributed by atoms with Gasteiger partial charge in [0.05, 0.1) is 25.1 Å². The van der Waals surface area contributed by atoms with Gasteiger partial charge in [0.25, 0.3) is 5.56 Å². The van der Waals surface area contributed by atoms with E-state index in [9.17, 15) is 4.79 Å². The summed E-state index contributed by atoms with van der Waals surface area (Å²) in [5.74, 6) is 0. The fraction of sp³-hybridized carbons (Fsp3) is 0.600. The Bertz CT molecular complexity index is 345. The predicted molar refractivity (Wildman–Crippen MR) is 60.8 cm³/mol. The van der Waals surface area contributed by atoms with Crippen LogP contribution in [0.3, 0.4) is 0 Å². The molecule has 0 saturated carbocycles. The first-order chi connectivity index (χ1) is 7.77. The van der Waals surface area contributed by atoms with Crippen LogP contribution < -0.4 is 10.5 Å². The zero-order valence-corrected chi connectivity index (χ0v) is 9.60. The molecule has 1 N–H and O–H groups in total. The zero-order chi connectivity index (χ0) is 11.8. The van der Waals surface area contributed by atoms with Crippen LogP contribution >= 0.6 is 0 Å². The predicted octanol–water partition coefficient (Wildman–Crippen LogP) is -0.131. The number of aromatic nitrogens is 2. The van der Waals surface area contributed by atoms with Crippen LogP contribution in [0.5, 0.6) is 0 Å². The Morgan fingerprint density at radius 2 is 1.94 bits per heavy atom. The number of anilines is 1. The molecule has 0 fully saturated rings. The van der Waals surface area contributed by atoms with Crippen molar-refractivity contribution in [2.24, 2.45) is 0 Å². The van der Waals surface area contributed by atoms with Crippen LogP contribution in [0.15, 0.2) is 17.1 Å². The lowest BCUT2D eigenvalue weighted by atomic mass is 10.4. The second-order valence-electron chi connectivity index (χ2n) is 3.28. The van der Waals surface area contributed by atoms with E-state index < -0.39 is 0 Å². The highest BCUT2D eigenvalue weighted by Crippen LogP contribution is 2.08. The maximum Gasteiger partial charge on any atom is 0.266 e. The molecular weight excluding hydrogens is 210 g/mol. The van der Waals surface area contributed by atoms with Crippen molar-refractivity contribution in [1.29, 1.82) is 0 Å². The van der Waals surface area contributed by atoms with Gasteiger partial charge in [0, 0.05) is 33.4 Å². The molecule has 1 rings (SSSR count). The van der Waals surface area contributed by atoms with Crippen molar-refractivity contribution in [1.82, 2.24) is 10.2 Å². The van der Waals surface area contributed by atoms with Gasteiger partial charge >= 0.3 is 0 Å². The molecular formula is C10H17N3O3. The Labute approximate surface area is 94.2 Å². The molecule has 0 spiro atoms. The summed E-state index contributed by atoms with van der Waals surface area (Å²) >= 11 is 0. The molecule has 0 saturated heterocycles. The lowest BCUT2D eigenvalue weighted by Crippen LogP contribution is -2.31. The highest BCUT2D eigenvalue weighted by atomic mass is 16.5.